The van der Waals surface area contributed by atoms with E-state index < -0.39 is 0 Å². The first-order valence-corrected chi connectivity index (χ1v) is 22.7. The maximum Gasteiger partial charge on any atom is 0.0573 e. The SMILES string of the molecule is CC1CC(C(C2CC(C)C(O)CC2C)C2CCC(CC3CCC(C(C4CC(C)C(O)CC4C)C4CC(C)C(O)CC4C)C(O)C3)CC2O)CCC1O. The number of rotatable bonds is 8. The van der Waals surface area contributed by atoms with Crippen molar-refractivity contribution in [3.8, 4) is 0 Å². The van der Waals surface area contributed by atoms with Gasteiger partial charge in [-0.1, -0.05) is 48.5 Å². The van der Waals surface area contributed by atoms with E-state index in [2.05, 4.69) is 48.5 Å². The molecular weight excluding hydrogens is 649 g/mol. The van der Waals surface area contributed by atoms with Crippen molar-refractivity contribution < 1.29 is 30.6 Å². The molecule has 0 aromatic carbocycles. The average molecular weight is 731 g/mol. The maximum atomic E-state index is 12.1. The highest BCUT2D eigenvalue weighted by Crippen LogP contribution is 2.55. The molecule has 6 heteroatoms. The van der Waals surface area contributed by atoms with Gasteiger partial charge in [0.15, 0.2) is 0 Å². The van der Waals surface area contributed by atoms with Crippen LogP contribution in [-0.4, -0.2) is 67.3 Å². The van der Waals surface area contributed by atoms with Gasteiger partial charge in [-0.3, -0.25) is 0 Å². The summed E-state index contributed by atoms with van der Waals surface area (Å²) in [6.45, 7) is 15.9. The number of hydrogen-bond acceptors (Lipinski definition) is 6. The predicted molar refractivity (Wildman–Crippen MR) is 209 cm³/mol. The molecule has 0 aliphatic heterocycles. The molecule has 6 saturated carbocycles. The van der Waals surface area contributed by atoms with Crippen LogP contribution in [-0.2, 0) is 0 Å². The zero-order valence-electron chi connectivity index (χ0n) is 34.3. The molecule has 22 atom stereocenters. The summed E-state index contributed by atoms with van der Waals surface area (Å²) in [4.78, 5) is 0. The van der Waals surface area contributed by atoms with Crippen molar-refractivity contribution in [3.05, 3.63) is 0 Å². The zero-order chi connectivity index (χ0) is 37.6. The van der Waals surface area contributed by atoms with Gasteiger partial charge in [0.2, 0.25) is 0 Å². The highest BCUT2D eigenvalue weighted by atomic mass is 16.3. The van der Waals surface area contributed by atoms with Gasteiger partial charge in [0.1, 0.15) is 0 Å². The van der Waals surface area contributed by atoms with Crippen LogP contribution in [0.4, 0.5) is 0 Å². The highest BCUT2D eigenvalue weighted by Gasteiger charge is 2.51. The second-order valence-corrected chi connectivity index (χ2v) is 21.3. The minimum atomic E-state index is -0.299. The molecule has 0 bridgehead atoms. The molecule has 302 valence electrons. The molecule has 6 nitrogen and oxygen atoms in total. The van der Waals surface area contributed by atoms with Gasteiger partial charge in [0.25, 0.3) is 0 Å². The van der Waals surface area contributed by atoms with Crippen LogP contribution in [0.2, 0.25) is 0 Å². The van der Waals surface area contributed by atoms with Crippen molar-refractivity contribution in [1.82, 2.24) is 0 Å². The molecule has 6 N–H and O–H groups in total. The molecular formula is C46H82O6. The molecule has 22 unspecified atom stereocenters. The maximum absolute atomic E-state index is 12.1. The van der Waals surface area contributed by atoms with E-state index in [-0.39, 0.29) is 42.5 Å². The van der Waals surface area contributed by atoms with E-state index in [1.807, 2.05) is 0 Å². The first kappa shape index (κ1) is 41.4. The topological polar surface area (TPSA) is 121 Å². The van der Waals surface area contributed by atoms with Crippen molar-refractivity contribution >= 4 is 0 Å². The normalized spacial score (nSPS) is 53.6. The van der Waals surface area contributed by atoms with Gasteiger partial charge in [-0.25, -0.2) is 0 Å². The first-order chi connectivity index (χ1) is 24.6. The van der Waals surface area contributed by atoms with Crippen LogP contribution in [0, 0.1) is 101 Å². The summed E-state index contributed by atoms with van der Waals surface area (Å²) in [5, 5.41) is 67.0. The Morgan fingerprint density at radius 2 is 0.712 bits per heavy atom. The summed E-state index contributed by atoms with van der Waals surface area (Å²) in [6, 6.07) is 0. The van der Waals surface area contributed by atoms with E-state index in [4.69, 9.17) is 0 Å². The summed E-state index contributed by atoms with van der Waals surface area (Å²) in [5.41, 5.74) is 0. The quantitative estimate of drug-likeness (QED) is 0.150. The van der Waals surface area contributed by atoms with Crippen LogP contribution < -0.4 is 0 Å². The average Bonchev–Trinajstić information content (AvgIpc) is 3.08. The summed E-state index contributed by atoms with van der Waals surface area (Å²) in [6.07, 6.45) is 14.6. The number of aliphatic hydroxyl groups is 6. The molecule has 6 fully saturated rings. The monoisotopic (exact) mass is 731 g/mol. The van der Waals surface area contributed by atoms with Crippen molar-refractivity contribution in [2.24, 2.45) is 101 Å². The fourth-order valence-electron chi connectivity index (χ4n) is 14.5. The fraction of sp³-hybridized carbons (Fsp3) is 1.00. The third-order valence-corrected chi connectivity index (χ3v) is 17.7. The summed E-state index contributed by atoms with van der Waals surface area (Å²) in [7, 11) is 0. The summed E-state index contributed by atoms with van der Waals surface area (Å²) in [5.74, 6) is 7.15. The minimum absolute atomic E-state index is 0.201. The van der Waals surface area contributed by atoms with Crippen molar-refractivity contribution in [2.75, 3.05) is 0 Å². The molecule has 0 amide bonds. The fourth-order valence-corrected chi connectivity index (χ4v) is 14.5. The number of aliphatic hydroxyl groups excluding tert-OH is 6. The molecule has 0 heterocycles. The third kappa shape index (κ3) is 8.98. The van der Waals surface area contributed by atoms with Gasteiger partial charge >= 0.3 is 0 Å². The predicted octanol–water partition coefficient (Wildman–Crippen LogP) is 8.09. The Balaban J connectivity index is 1.11. The molecule has 0 saturated heterocycles. The Morgan fingerprint density at radius 1 is 0.327 bits per heavy atom. The zero-order valence-corrected chi connectivity index (χ0v) is 34.3. The Labute approximate surface area is 318 Å². The Kier molecular flexibility index (Phi) is 13.9. The van der Waals surface area contributed by atoms with E-state index in [9.17, 15) is 30.6 Å². The van der Waals surface area contributed by atoms with E-state index in [0.717, 1.165) is 96.3 Å². The van der Waals surface area contributed by atoms with E-state index in [0.29, 0.717) is 94.7 Å². The van der Waals surface area contributed by atoms with Gasteiger partial charge < -0.3 is 30.6 Å². The Morgan fingerprint density at radius 3 is 1.12 bits per heavy atom. The smallest absolute Gasteiger partial charge is 0.0573 e. The molecule has 0 aromatic heterocycles. The molecule has 0 aromatic rings. The molecule has 0 spiro atoms. The molecule has 6 aliphatic rings. The van der Waals surface area contributed by atoms with Crippen molar-refractivity contribution in [1.29, 1.82) is 0 Å². The second-order valence-electron chi connectivity index (χ2n) is 21.3. The lowest BCUT2D eigenvalue weighted by Crippen LogP contribution is -2.49. The lowest BCUT2D eigenvalue weighted by atomic mass is 9.54. The largest absolute Gasteiger partial charge is 0.393 e. The van der Waals surface area contributed by atoms with Gasteiger partial charge in [-0.15, -0.1) is 0 Å². The van der Waals surface area contributed by atoms with Crippen LogP contribution in [0.15, 0.2) is 0 Å². The van der Waals surface area contributed by atoms with Gasteiger partial charge in [0.05, 0.1) is 36.6 Å². The van der Waals surface area contributed by atoms with Crippen LogP contribution in [0.3, 0.4) is 0 Å². The number of hydrogen-bond donors (Lipinski definition) is 6. The standard InChI is InChI=1S/C46H82O6/c1-24-18-40(48)28(5)15-36(24)45(33-10-13-39(47)27(4)14-33)34-11-8-31(22-43(34)51)21-32-9-12-35(44(52)23-32)46(37-16-29(6)41(49)19-25(37)2)38-17-30(7)42(50)20-26(38)3/h24-52H,8-23H2,1-7H3. The van der Waals surface area contributed by atoms with Crippen LogP contribution in [0.1, 0.15) is 151 Å². The van der Waals surface area contributed by atoms with Crippen molar-refractivity contribution in [2.45, 2.75) is 188 Å². The Bertz CT molecular complexity index is 1090. The second kappa shape index (κ2) is 17.5. The van der Waals surface area contributed by atoms with Crippen molar-refractivity contribution in [3.63, 3.8) is 0 Å². The van der Waals surface area contributed by atoms with E-state index in [1.165, 1.54) is 6.42 Å². The van der Waals surface area contributed by atoms with E-state index in [1.54, 1.807) is 0 Å². The lowest BCUT2D eigenvalue weighted by Gasteiger charge is -2.53. The summed E-state index contributed by atoms with van der Waals surface area (Å²) >= 11 is 0. The van der Waals surface area contributed by atoms with Crippen LogP contribution in [0.5, 0.6) is 0 Å². The minimum Gasteiger partial charge on any atom is -0.393 e. The van der Waals surface area contributed by atoms with Gasteiger partial charge in [0, 0.05) is 0 Å². The van der Waals surface area contributed by atoms with Crippen LogP contribution in [0.25, 0.3) is 0 Å². The highest BCUT2D eigenvalue weighted by molar-refractivity contribution is 5.00. The van der Waals surface area contributed by atoms with E-state index >= 15 is 0 Å². The van der Waals surface area contributed by atoms with Crippen LogP contribution >= 0.6 is 0 Å². The Hall–Kier alpha value is -0.240. The molecule has 52 heavy (non-hydrogen) atoms. The van der Waals surface area contributed by atoms with Gasteiger partial charge in [-0.2, -0.15) is 0 Å². The lowest BCUT2D eigenvalue weighted by molar-refractivity contribution is -0.0950. The summed E-state index contributed by atoms with van der Waals surface area (Å²) < 4.78 is 0. The molecule has 0 radical (unpaired) electrons. The van der Waals surface area contributed by atoms with Gasteiger partial charge in [-0.05, 0) is 203 Å². The molecule has 6 aliphatic carbocycles. The first-order valence-electron chi connectivity index (χ1n) is 22.7. The third-order valence-electron chi connectivity index (χ3n) is 17.7. The molecule has 6 rings (SSSR count).